The third-order valence-corrected chi connectivity index (χ3v) is 5.58. The molecule has 0 aromatic heterocycles. The van der Waals surface area contributed by atoms with Gasteiger partial charge in [0.15, 0.2) is 0 Å². The smallest absolute Gasteiger partial charge is 0.284 e. The number of rotatable bonds is 3. The van der Waals surface area contributed by atoms with Crippen LogP contribution in [-0.2, 0) is 14.8 Å². The number of benzene rings is 2. The van der Waals surface area contributed by atoms with E-state index in [0.717, 1.165) is 11.1 Å². The lowest BCUT2D eigenvalue weighted by Crippen LogP contribution is -2.41. The van der Waals surface area contributed by atoms with Gasteiger partial charge in [-0.3, -0.25) is 0 Å². The highest BCUT2D eigenvalue weighted by Crippen LogP contribution is 2.21. The first-order chi connectivity index (χ1) is 12.0. The van der Waals surface area contributed by atoms with Crippen molar-refractivity contribution in [3.05, 3.63) is 65.2 Å². The van der Waals surface area contributed by atoms with Gasteiger partial charge in [-0.05, 0) is 25.5 Å². The number of hydrogen-bond donors (Lipinski definition) is 0. The average Bonchev–Trinajstić information content (AvgIpc) is 2.61. The molecule has 0 bridgehead atoms. The van der Waals surface area contributed by atoms with Crippen molar-refractivity contribution >= 4 is 15.9 Å². The van der Waals surface area contributed by atoms with E-state index in [1.165, 1.54) is 0 Å². The van der Waals surface area contributed by atoms with Crippen molar-refractivity contribution in [3.8, 4) is 0 Å². The molecule has 0 spiro atoms. The number of sulfonamides is 1. The van der Waals surface area contributed by atoms with E-state index in [2.05, 4.69) is 4.40 Å². The van der Waals surface area contributed by atoms with Crippen LogP contribution in [0.3, 0.4) is 0 Å². The van der Waals surface area contributed by atoms with Gasteiger partial charge < -0.3 is 9.64 Å². The Bertz CT molecular complexity index is 871. The number of hydrogen-bond acceptors (Lipinski definition) is 3. The molecular weight excluding hydrogens is 336 g/mol. The Labute approximate surface area is 149 Å². The predicted molar refractivity (Wildman–Crippen MR) is 98.5 cm³/mol. The highest BCUT2D eigenvalue weighted by molar-refractivity contribution is 7.90. The Morgan fingerprint density at radius 3 is 2.36 bits per heavy atom. The summed E-state index contributed by atoms with van der Waals surface area (Å²) in [7, 11) is -3.80. The van der Waals surface area contributed by atoms with Gasteiger partial charge in [-0.2, -0.15) is 8.42 Å². The normalized spacial score (nSPS) is 16.1. The standard InChI is InChI=1S/C19H22N2O3S/c1-15-8-9-18(16(2)14-15)25(22,23)20-19(17-6-4-3-5-7-17)21-10-12-24-13-11-21/h3-9,14H,10-13H2,1-2H3/b20-19+. The van der Waals surface area contributed by atoms with Crippen molar-refractivity contribution in [2.75, 3.05) is 26.3 Å². The number of ether oxygens (including phenoxy) is 1. The second-order valence-electron chi connectivity index (χ2n) is 6.12. The molecule has 1 saturated heterocycles. The highest BCUT2D eigenvalue weighted by Gasteiger charge is 2.22. The summed E-state index contributed by atoms with van der Waals surface area (Å²) in [4.78, 5) is 2.22. The van der Waals surface area contributed by atoms with E-state index in [0.29, 0.717) is 37.7 Å². The zero-order valence-electron chi connectivity index (χ0n) is 14.5. The zero-order chi connectivity index (χ0) is 17.9. The lowest BCUT2D eigenvalue weighted by molar-refractivity contribution is 0.0683. The Kier molecular flexibility index (Phi) is 5.20. The molecular formula is C19H22N2O3S. The minimum Gasteiger partial charge on any atom is -0.378 e. The maximum Gasteiger partial charge on any atom is 0.284 e. The van der Waals surface area contributed by atoms with Gasteiger partial charge in [0.1, 0.15) is 5.84 Å². The average molecular weight is 358 g/mol. The van der Waals surface area contributed by atoms with Gasteiger partial charge >= 0.3 is 0 Å². The van der Waals surface area contributed by atoms with Gasteiger partial charge in [0.25, 0.3) is 10.0 Å². The lowest BCUT2D eigenvalue weighted by atomic mass is 10.2. The Morgan fingerprint density at radius 1 is 1.04 bits per heavy atom. The second kappa shape index (κ2) is 7.37. The molecule has 25 heavy (non-hydrogen) atoms. The zero-order valence-corrected chi connectivity index (χ0v) is 15.3. The first kappa shape index (κ1) is 17.6. The Balaban J connectivity index is 2.08. The summed E-state index contributed by atoms with van der Waals surface area (Å²) < 4.78 is 35.5. The largest absolute Gasteiger partial charge is 0.378 e. The maximum absolute atomic E-state index is 12.9. The van der Waals surface area contributed by atoms with E-state index in [1.807, 2.05) is 48.2 Å². The molecule has 0 unspecified atom stereocenters. The van der Waals surface area contributed by atoms with Crippen LogP contribution in [0, 0.1) is 13.8 Å². The fourth-order valence-electron chi connectivity index (χ4n) is 2.91. The first-order valence-electron chi connectivity index (χ1n) is 8.28. The number of aryl methyl sites for hydroxylation is 2. The van der Waals surface area contributed by atoms with Crippen LogP contribution in [0.25, 0.3) is 0 Å². The van der Waals surface area contributed by atoms with Crippen LogP contribution in [0.2, 0.25) is 0 Å². The fraction of sp³-hybridized carbons (Fsp3) is 0.316. The van der Waals surface area contributed by atoms with Gasteiger partial charge in [0, 0.05) is 18.7 Å². The van der Waals surface area contributed by atoms with Crippen molar-refractivity contribution in [3.63, 3.8) is 0 Å². The van der Waals surface area contributed by atoms with Crippen LogP contribution in [0.4, 0.5) is 0 Å². The second-order valence-corrected chi connectivity index (χ2v) is 7.70. The number of morpholine rings is 1. The molecule has 0 atom stereocenters. The van der Waals surface area contributed by atoms with Crippen LogP contribution >= 0.6 is 0 Å². The van der Waals surface area contributed by atoms with E-state index in [-0.39, 0.29) is 4.90 Å². The summed E-state index contributed by atoms with van der Waals surface area (Å²) in [5.41, 5.74) is 2.52. The van der Waals surface area contributed by atoms with Gasteiger partial charge in [0.2, 0.25) is 0 Å². The topological polar surface area (TPSA) is 59.0 Å². The Morgan fingerprint density at radius 2 is 1.72 bits per heavy atom. The minimum absolute atomic E-state index is 0.250. The number of amidine groups is 1. The summed E-state index contributed by atoms with van der Waals surface area (Å²) in [5.74, 6) is 0.476. The molecule has 5 nitrogen and oxygen atoms in total. The van der Waals surface area contributed by atoms with E-state index in [4.69, 9.17) is 4.74 Å². The minimum atomic E-state index is -3.80. The summed E-state index contributed by atoms with van der Waals surface area (Å²) in [6, 6.07) is 14.7. The molecule has 0 saturated carbocycles. The molecule has 1 fully saturated rings. The van der Waals surface area contributed by atoms with Gasteiger partial charge in [0.05, 0.1) is 18.1 Å². The van der Waals surface area contributed by atoms with Crippen molar-refractivity contribution in [1.82, 2.24) is 4.90 Å². The fourth-order valence-corrected chi connectivity index (χ4v) is 4.16. The molecule has 0 N–H and O–H groups in total. The molecule has 1 aliphatic rings. The first-order valence-corrected chi connectivity index (χ1v) is 9.72. The monoisotopic (exact) mass is 358 g/mol. The summed E-state index contributed by atoms with van der Waals surface area (Å²) >= 11 is 0. The van der Waals surface area contributed by atoms with Crippen LogP contribution in [0.5, 0.6) is 0 Å². The van der Waals surface area contributed by atoms with Crippen molar-refractivity contribution in [2.24, 2.45) is 4.40 Å². The summed E-state index contributed by atoms with van der Waals surface area (Å²) in [6.07, 6.45) is 0. The molecule has 0 amide bonds. The third-order valence-electron chi connectivity index (χ3n) is 4.16. The quantitative estimate of drug-likeness (QED) is 0.625. The van der Waals surface area contributed by atoms with Crippen molar-refractivity contribution < 1.29 is 13.2 Å². The predicted octanol–water partition coefficient (Wildman–Crippen LogP) is 2.77. The van der Waals surface area contributed by atoms with Crippen LogP contribution < -0.4 is 0 Å². The SMILES string of the molecule is Cc1ccc(S(=O)(=O)/N=C(\c2ccccc2)N2CCOCC2)c(C)c1. The molecule has 3 rings (SSSR count). The maximum atomic E-state index is 12.9. The van der Waals surface area contributed by atoms with Crippen molar-refractivity contribution in [1.29, 1.82) is 0 Å². The Hall–Kier alpha value is -2.18. The summed E-state index contributed by atoms with van der Waals surface area (Å²) in [5, 5.41) is 0. The van der Waals surface area contributed by atoms with E-state index < -0.39 is 10.0 Å². The van der Waals surface area contributed by atoms with Gasteiger partial charge in [-0.1, -0.05) is 48.0 Å². The molecule has 1 aliphatic heterocycles. The van der Waals surface area contributed by atoms with Gasteiger partial charge in [-0.25, -0.2) is 0 Å². The molecule has 132 valence electrons. The molecule has 2 aromatic rings. The van der Waals surface area contributed by atoms with E-state index in [1.54, 1.807) is 19.1 Å². The van der Waals surface area contributed by atoms with Crippen LogP contribution in [0.15, 0.2) is 57.8 Å². The lowest BCUT2D eigenvalue weighted by Gasteiger charge is -2.29. The van der Waals surface area contributed by atoms with E-state index >= 15 is 0 Å². The summed E-state index contributed by atoms with van der Waals surface area (Å²) in [6.45, 7) is 6.11. The van der Waals surface area contributed by atoms with Crippen LogP contribution in [0.1, 0.15) is 16.7 Å². The van der Waals surface area contributed by atoms with Crippen molar-refractivity contribution in [2.45, 2.75) is 18.7 Å². The highest BCUT2D eigenvalue weighted by atomic mass is 32.2. The molecule has 0 aliphatic carbocycles. The molecule has 2 aromatic carbocycles. The number of nitrogens with zero attached hydrogens (tertiary/aromatic N) is 2. The van der Waals surface area contributed by atoms with Crippen LogP contribution in [-0.4, -0.2) is 45.5 Å². The van der Waals surface area contributed by atoms with E-state index in [9.17, 15) is 8.42 Å². The van der Waals surface area contributed by atoms with Gasteiger partial charge in [-0.15, -0.1) is 4.40 Å². The molecule has 6 heteroatoms. The molecule has 0 radical (unpaired) electrons. The third kappa shape index (κ3) is 4.08. The molecule has 1 heterocycles.